The Labute approximate surface area is 142 Å². The average molecular weight is 348 g/mol. The molecule has 0 fully saturated rings. The number of hydrogen-bond donors (Lipinski definition) is 1. The molecule has 1 aliphatic rings. The van der Waals surface area contributed by atoms with Gasteiger partial charge in [0.1, 0.15) is 11.6 Å². The highest BCUT2D eigenvalue weighted by Gasteiger charge is 2.49. The first-order valence-electron chi connectivity index (χ1n) is 7.56. The monoisotopic (exact) mass is 348 g/mol. The number of nitrogens with zero attached hydrogens (tertiary/aromatic N) is 1. The van der Waals surface area contributed by atoms with Gasteiger partial charge >= 0.3 is 12.1 Å². The molecule has 0 amide bonds. The SMILES string of the molecule is COC(=O)[C@H]1C(C(F)(F)F)=Nc2ccccc2N[C@H]1c1ccccc1. The number of nitrogens with one attached hydrogen (secondary N) is 1. The van der Waals surface area contributed by atoms with Crippen LogP contribution in [0.4, 0.5) is 24.5 Å². The van der Waals surface area contributed by atoms with Crippen molar-refractivity contribution in [1.29, 1.82) is 0 Å². The molecule has 0 aromatic heterocycles. The molecule has 1 N–H and O–H groups in total. The minimum Gasteiger partial charge on any atom is -0.468 e. The Morgan fingerprint density at radius 2 is 1.72 bits per heavy atom. The third-order valence-electron chi connectivity index (χ3n) is 3.99. The van der Waals surface area contributed by atoms with Gasteiger partial charge in [0.15, 0.2) is 0 Å². The number of rotatable bonds is 2. The fourth-order valence-corrected chi connectivity index (χ4v) is 2.85. The largest absolute Gasteiger partial charge is 0.468 e. The molecule has 25 heavy (non-hydrogen) atoms. The van der Waals surface area contributed by atoms with Crippen molar-refractivity contribution in [3.8, 4) is 0 Å². The van der Waals surface area contributed by atoms with Gasteiger partial charge in [0.2, 0.25) is 0 Å². The van der Waals surface area contributed by atoms with Crippen LogP contribution >= 0.6 is 0 Å². The standard InChI is InChI=1S/C18H15F3N2O2/c1-25-17(24)14-15(11-7-3-2-4-8-11)22-12-9-5-6-10-13(12)23-16(14)18(19,20)21/h2-10,14-15,22H,1H3/t14-,15+/m1/s1. The Balaban J connectivity index is 2.23. The quantitative estimate of drug-likeness (QED) is 0.825. The summed E-state index contributed by atoms with van der Waals surface area (Å²) in [5.41, 5.74) is -0.0936. The van der Waals surface area contributed by atoms with Crippen molar-refractivity contribution in [2.75, 3.05) is 12.4 Å². The number of esters is 1. The van der Waals surface area contributed by atoms with Crippen LogP contribution in [0.3, 0.4) is 0 Å². The van der Waals surface area contributed by atoms with Crippen molar-refractivity contribution in [1.82, 2.24) is 0 Å². The number of halogens is 3. The molecule has 0 unspecified atom stereocenters. The number of ether oxygens (including phenoxy) is 1. The van der Waals surface area contributed by atoms with Gasteiger partial charge in [-0.2, -0.15) is 13.2 Å². The number of aliphatic imine (C=N–C) groups is 1. The molecule has 0 bridgehead atoms. The molecule has 4 nitrogen and oxygen atoms in total. The third kappa shape index (κ3) is 3.35. The van der Waals surface area contributed by atoms with Crippen LogP contribution in [-0.2, 0) is 9.53 Å². The lowest BCUT2D eigenvalue weighted by atomic mass is 9.88. The molecule has 1 aliphatic heterocycles. The number of carbonyl (C=O) groups is 1. The summed E-state index contributed by atoms with van der Waals surface area (Å²) in [4.78, 5) is 16.0. The molecular weight excluding hydrogens is 333 g/mol. The number of alkyl halides is 3. The van der Waals surface area contributed by atoms with Crippen LogP contribution < -0.4 is 5.32 Å². The Hall–Kier alpha value is -2.83. The summed E-state index contributed by atoms with van der Waals surface area (Å²) in [6.07, 6.45) is -4.77. The van der Waals surface area contributed by atoms with Crippen LogP contribution in [0.5, 0.6) is 0 Å². The van der Waals surface area contributed by atoms with E-state index < -0.39 is 29.8 Å². The number of fused-ring (bicyclic) bond motifs is 1. The van der Waals surface area contributed by atoms with Crippen LogP contribution in [0.2, 0.25) is 0 Å². The summed E-state index contributed by atoms with van der Waals surface area (Å²) in [5, 5.41) is 3.03. The van der Waals surface area contributed by atoms with Crippen molar-refractivity contribution in [2.45, 2.75) is 12.2 Å². The fourth-order valence-electron chi connectivity index (χ4n) is 2.85. The molecule has 0 aliphatic carbocycles. The Bertz CT molecular complexity index is 803. The van der Waals surface area contributed by atoms with Gasteiger partial charge in [0, 0.05) is 0 Å². The van der Waals surface area contributed by atoms with Gasteiger partial charge in [-0.3, -0.25) is 4.79 Å². The predicted molar refractivity (Wildman–Crippen MR) is 87.9 cm³/mol. The summed E-state index contributed by atoms with van der Waals surface area (Å²) < 4.78 is 45.7. The van der Waals surface area contributed by atoms with Gasteiger partial charge in [-0.05, 0) is 17.7 Å². The Morgan fingerprint density at radius 3 is 2.36 bits per heavy atom. The molecule has 2 aromatic rings. The van der Waals surface area contributed by atoms with E-state index in [0.717, 1.165) is 7.11 Å². The van der Waals surface area contributed by atoms with Crippen molar-refractivity contribution >= 4 is 23.1 Å². The predicted octanol–water partition coefficient (Wildman–Crippen LogP) is 4.28. The van der Waals surface area contributed by atoms with Gasteiger partial charge in [0.25, 0.3) is 0 Å². The second-order valence-corrected chi connectivity index (χ2v) is 5.55. The van der Waals surface area contributed by atoms with Gasteiger partial charge in [-0.25, -0.2) is 4.99 Å². The number of para-hydroxylation sites is 2. The highest BCUT2D eigenvalue weighted by Crippen LogP contribution is 2.41. The molecule has 130 valence electrons. The number of hydrogen-bond acceptors (Lipinski definition) is 4. The Morgan fingerprint density at radius 1 is 1.08 bits per heavy atom. The molecule has 0 saturated heterocycles. The number of benzene rings is 2. The first-order chi connectivity index (χ1) is 11.9. The normalized spacial score (nSPS) is 19.9. The second kappa shape index (κ2) is 6.58. The zero-order chi connectivity index (χ0) is 18.0. The van der Waals surface area contributed by atoms with Crippen molar-refractivity contribution in [2.24, 2.45) is 10.9 Å². The molecule has 3 rings (SSSR count). The average Bonchev–Trinajstić information content (AvgIpc) is 2.78. The van der Waals surface area contributed by atoms with E-state index >= 15 is 0 Å². The van der Waals surface area contributed by atoms with Gasteiger partial charge in [-0.1, -0.05) is 42.5 Å². The van der Waals surface area contributed by atoms with E-state index in [1.807, 2.05) is 0 Å². The van der Waals surface area contributed by atoms with E-state index in [9.17, 15) is 18.0 Å². The van der Waals surface area contributed by atoms with E-state index in [0.29, 0.717) is 11.3 Å². The van der Waals surface area contributed by atoms with E-state index in [-0.39, 0.29) is 5.69 Å². The molecule has 2 aromatic carbocycles. The van der Waals surface area contributed by atoms with Crippen molar-refractivity contribution in [3.05, 3.63) is 60.2 Å². The minimum atomic E-state index is -4.77. The lowest BCUT2D eigenvalue weighted by Crippen LogP contribution is -2.41. The maximum atomic E-state index is 13.7. The summed E-state index contributed by atoms with van der Waals surface area (Å²) in [7, 11) is 1.07. The van der Waals surface area contributed by atoms with E-state index in [2.05, 4.69) is 15.0 Å². The van der Waals surface area contributed by atoms with E-state index in [4.69, 9.17) is 0 Å². The highest BCUT2D eigenvalue weighted by atomic mass is 19.4. The van der Waals surface area contributed by atoms with Crippen LogP contribution in [-0.4, -0.2) is 25.0 Å². The zero-order valence-electron chi connectivity index (χ0n) is 13.2. The first kappa shape index (κ1) is 17.0. The van der Waals surface area contributed by atoms with Crippen LogP contribution in [0.15, 0.2) is 59.6 Å². The molecule has 2 atom stereocenters. The maximum Gasteiger partial charge on any atom is 0.430 e. The topological polar surface area (TPSA) is 50.7 Å². The second-order valence-electron chi connectivity index (χ2n) is 5.55. The highest BCUT2D eigenvalue weighted by molar-refractivity contribution is 6.08. The van der Waals surface area contributed by atoms with Crippen LogP contribution in [0.1, 0.15) is 11.6 Å². The minimum absolute atomic E-state index is 0.127. The number of carbonyl (C=O) groups excluding carboxylic acids is 1. The molecule has 7 heteroatoms. The fraction of sp³-hybridized carbons (Fsp3) is 0.222. The van der Waals surface area contributed by atoms with Crippen LogP contribution in [0, 0.1) is 5.92 Å². The first-order valence-corrected chi connectivity index (χ1v) is 7.56. The summed E-state index contributed by atoms with van der Waals surface area (Å²) in [6.45, 7) is 0. The lowest BCUT2D eigenvalue weighted by molar-refractivity contribution is -0.145. The summed E-state index contributed by atoms with van der Waals surface area (Å²) in [6, 6.07) is 13.9. The maximum absolute atomic E-state index is 13.7. The molecule has 0 saturated carbocycles. The van der Waals surface area contributed by atoms with Gasteiger partial charge < -0.3 is 10.1 Å². The number of anilines is 1. The lowest BCUT2D eigenvalue weighted by Gasteiger charge is -2.27. The zero-order valence-corrected chi connectivity index (χ0v) is 13.2. The van der Waals surface area contributed by atoms with Crippen LogP contribution in [0.25, 0.3) is 0 Å². The van der Waals surface area contributed by atoms with E-state index in [1.54, 1.807) is 48.5 Å². The third-order valence-corrected chi connectivity index (χ3v) is 3.99. The molecule has 0 spiro atoms. The van der Waals surface area contributed by atoms with Gasteiger partial charge in [-0.15, -0.1) is 0 Å². The Kier molecular flexibility index (Phi) is 4.48. The molecule has 0 radical (unpaired) electrons. The molecular formula is C18H15F3N2O2. The summed E-state index contributed by atoms with van der Waals surface area (Å²) >= 11 is 0. The number of methoxy groups -OCH3 is 1. The van der Waals surface area contributed by atoms with Gasteiger partial charge in [0.05, 0.1) is 24.5 Å². The van der Waals surface area contributed by atoms with E-state index in [1.165, 1.54) is 6.07 Å². The van der Waals surface area contributed by atoms with Crippen molar-refractivity contribution < 1.29 is 22.7 Å². The molecule has 1 heterocycles. The smallest absolute Gasteiger partial charge is 0.430 e. The van der Waals surface area contributed by atoms with Crippen molar-refractivity contribution in [3.63, 3.8) is 0 Å². The summed E-state index contributed by atoms with van der Waals surface area (Å²) in [5.74, 6) is -2.62.